The Labute approximate surface area is 458 Å². The van der Waals surface area contributed by atoms with Crippen molar-refractivity contribution >= 4 is 89.1 Å². The van der Waals surface area contributed by atoms with Crippen molar-refractivity contribution in [1.82, 2.24) is 0 Å². The molecule has 5 heteroatoms. The standard InChI is InChI=1S/C70H51BBr2N2/c1-70(2,3)56-42-67-69-68(43-56)75(64-31-19-17-29-60(64)55-40-52(48-24-12-6-13-25-48)37-53(41-55)49-26-14-7-15-27-49)66-45-58(73)33-35-62(66)71(69)61-34-32-57(72)44-65(61)74(67)63-30-18-16-28-59(63)54-38-50(46-20-8-4-9-21-46)36-51(39-54)47-22-10-5-11-23-47/h4-45H,1-3H3. The van der Waals surface area contributed by atoms with Crippen LogP contribution in [0.1, 0.15) is 26.3 Å². The van der Waals surface area contributed by atoms with E-state index < -0.39 is 0 Å². The number of para-hydroxylation sites is 2. The lowest BCUT2D eigenvalue weighted by atomic mass is 9.33. The van der Waals surface area contributed by atoms with Crippen molar-refractivity contribution < 1.29 is 0 Å². The Hall–Kier alpha value is -7.96. The van der Waals surface area contributed by atoms with E-state index in [1.54, 1.807) is 0 Å². The zero-order chi connectivity index (χ0) is 50.8. The molecular formula is C70H51BBr2N2. The summed E-state index contributed by atoms with van der Waals surface area (Å²) in [4.78, 5) is 5.14. The summed E-state index contributed by atoms with van der Waals surface area (Å²) < 4.78 is 2.07. The van der Waals surface area contributed by atoms with Gasteiger partial charge in [-0.25, -0.2) is 0 Å². The van der Waals surface area contributed by atoms with Crippen LogP contribution >= 0.6 is 31.9 Å². The highest BCUT2D eigenvalue weighted by atomic mass is 79.9. The lowest BCUT2D eigenvalue weighted by molar-refractivity contribution is 0.590. The fraction of sp³-hybridized carbons (Fsp3) is 0.0571. The van der Waals surface area contributed by atoms with E-state index in [0.29, 0.717) is 0 Å². The monoisotopic (exact) mass is 1090 g/mol. The molecule has 2 aliphatic heterocycles. The summed E-state index contributed by atoms with van der Waals surface area (Å²) in [5.74, 6) is 0. The first kappa shape index (κ1) is 46.8. The van der Waals surface area contributed by atoms with Crippen molar-refractivity contribution in [3.05, 3.63) is 269 Å². The second-order valence-electron chi connectivity index (χ2n) is 20.8. The first-order valence-electron chi connectivity index (χ1n) is 25.7. The van der Waals surface area contributed by atoms with Crippen LogP contribution in [0.25, 0.3) is 66.8 Å². The molecule has 0 radical (unpaired) electrons. The summed E-state index contributed by atoms with van der Waals surface area (Å²) in [7, 11) is 0. The number of hydrogen-bond acceptors (Lipinski definition) is 2. The van der Waals surface area contributed by atoms with Gasteiger partial charge in [0.2, 0.25) is 0 Å². The molecule has 11 aromatic rings. The molecule has 75 heavy (non-hydrogen) atoms. The predicted octanol–water partition coefficient (Wildman–Crippen LogP) is 18.6. The minimum absolute atomic E-state index is 0.0563. The maximum atomic E-state index is 3.99. The van der Waals surface area contributed by atoms with Gasteiger partial charge in [-0.2, -0.15) is 0 Å². The molecule has 13 rings (SSSR count). The van der Waals surface area contributed by atoms with Gasteiger partial charge in [0.15, 0.2) is 0 Å². The summed E-state index contributed by atoms with van der Waals surface area (Å²) in [6, 6.07) is 94.1. The van der Waals surface area contributed by atoms with E-state index in [-0.39, 0.29) is 12.1 Å². The zero-order valence-electron chi connectivity index (χ0n) is 42.0. The quantitative estimate of drug-likeness (QED) is 0.140. The number of nitrogens with zero attached hydrogens (tertiary/aromatic N) is 2. The number of benzene rings is 11. The van der Waals surface area contributed by atoms with Crippen LogP contribution in [-0.2, 0) is 5.41 Å². The van der Waals surface area contributed by atoms with Crippen LogP contribution in [0.2, 0.25) is 0 Å². The SMILES string of the molecule is CC(C)(C)c1cc2c3c(c1)N(c1ccccc1-c1cc(-c4ccccc4)cc(-c4ccccc4)c1)c1cc(Br)ccc1B3c1ccc(Br)cc1N2c1ccccc1-c1cc(-c2ccccc2)cc(-c2ccccc2)c1. The average molecular weight is 1090 g/mol. The normalized spacial score (nSPS) is 12.5. The Morgan fingerprint density at radius 1 is 0.293 bits per heavy atom. The molecule has 0 atom stereocenters. The molecule has 0 N–H and O–H groups in total. The Kier molecular flexibility index (Phi) is 11.9. The molecule has 0 aromatic heterocycles. The van der Waals surface area contributed by atoms with Gasteiger partial charge >= 0.3 is 0 Å². The summed E-state index contributed by atoms with van der Waals surface area (Å²) in [6.45, 7) is 6.98. The lowest BCUT2D eigenvalue weighted by Gasteiger charge is -2.45. The number of anilines is 6. The van der Waals surface area contributed by atoms with Crippen LogP contribution in [0.4, 0.5) is 34.1 Å². The Balaban J connectivity index is 1.08. The van der Waals surface area contributed by atoms with Crippen molar-refractivity contribution in [3.63, 3.8) is 0 Å². The fourth-order valence-corrected chi connectivity index (χ4v) is 12.2. The minimum atomic E-state index is -0.199. The van der Waals surface area contributed by atoms with E-state index in [0.717, 1.165) is 53.9 Å². The van der Waals surface area contributed by atoms with Gasteiger partial charge in [-0.3, -0.25) is 0 Å². The fourth-order valence-electron chi connectivity index (χ4n) is 11.5. The summed E-state index contributed by atoms with van der Waals surface area (Å²) >= 11 is 7.98. The highest BCUT2D eigenvalue weighted by Crippen LogP contribution is 2.51. The number of hydrogen-bond donors (Lipinski definition) is 0. The molecule has 0 bridgehead atoms. The van der Waals surface area contributed by atoms with Crippen molar-refractivity contribution in [3.8, 4) is 66.8 Å². The second-order valence-corrected chi connectivity index (χ2v) is 22.6. The molecule has 2 aliphatic rings. The Bertz CT molecular complexity index is 3600. The Morgan fingerprint density at radius 2 is 0.613 bits per heavy atom. The van der Waals surface area contributed by atoms with Crippen LogP contribution in [0.15, 0.2) is 264 Å². The molecule has 0 saturated carbocycles. The molecule has 0 spiro atoms. The average Bonchev–Trinajstić information content (AvgIpc) is 3.47. The molecule has 0 saturated heterocycles. The lowest BCUT2D eigenvalue weighted by Crippen LogP contribution is -2.61. The van der Waals surface area contributed by atoms with E-state index in [1.165, 1.54) is 77.8 Å². The van der Waals surface area contributed by atoms with Gasteiger partial charge in [0.25, 0.3) is 6.71 Å². The molecule has 0 aliphatic carbocycles. The van der Waals surface area contributed by atoms with Gasteiger partial charge in [-0.05, 0) is 168 Å². The highest BCUT2D eigenvalue weighted by Gasteiger charge is 2.45. The van der Waals surface area contributed by atoms with E-state index in [4.69, 9.17) is 0 Å². The summed E-state index contributed by atoms with van der Waals surface area (Å²) in [5.41, 5.74) is 25.8. The van der Waals surface area contributed by atoms with Crippen molar-refractivity contribution in [1.29, 1.82) is 0 Å². The predicted molar refractivity (Wildman–Crippen MR) is 327 cm³/mol. The summed E-state index contributed by atoms with van der Waals surface area (Å²) in [5, 5.41) is 0. The van der Waals surface area contributed by atoms with Crippen LogP contribution in [0.5, 0.6) is 0 Å². The minimum Gasteiger partial charge on any atom is -0.311 e. The summed E-state index contributed by atoms with van der Waals surface area (Å²) in [6.07, 6.45) is 0. The van der Waals surface area contributed by atoms with Crippen LogP contribution in [0.3, 0.4) is 0 Å². The maximum absolute atomic E-state index is 3.99. The largest absolute Gasteiger partial charge is 0.311 e. The van der Waals surface area contributed by atoms with E-state index in [9.17, 15) is 0 Å². The first-order valence-corrected chi connectivity index (χ1v) is 27.3. The molecule has 0 amide bonds. The number of rotatable bonds is 8. The molecule has 0 fully saturated rings. The topological polar surface area (TPSA) is 6.48 Å². The van der Waals surface area contributed by atoms with Crippen molar-refractivity contribution in [2.45, 2.75) is 26.2 Å². The van der Waals surface area contributed by atoms with E-state index in [2.05, 4.69) is 317 Å². The highest BCUT2D eigenvalue weighted by molar-refractivity contribution is 9.10. The molecule has 2 nitrogen and oxygen atoms in total. The third-order valence-electron chi connectivity index (χ3n) is 15.1. The molecule has 11 aromatic carbocycles. The smallest absolute Gasteiger partial charge is 0.252 e. The third kappa shape index (κ3) is 8.55. The molecular weight excluding hydrogens is 1040 g/mol. The number of halogens is 2. The van der Waals surface area contributed by atoms with Crippen molar-refractivity contribution in [2.24, 2.45) is 0 Å². The molecule has 358 valence electrons. The maximum Gasteiger partial charge on any atom is 0.252 e. The van der Waals surface area contributed by atoms with Gasteiger partial charge in [0.05, 0.1) is 11.4 Å². The zero-order valence-corrected chi connectivity index (χ0v) is 45.1. The van der Waals surface area contributed by atoms with E-state index in [1.807, 2.05) is 0 Å². The second kappa shape index (κ2) is 19.1. The molecule has 0 unspecified atom stereocenters. The van der Waals surface area contributed by atoms with E-state index >= 15 is 0 Å². The van der Waals surface area contributed by atoms with Gasteiger partial charge in [0, 0.05) is 42.8 Å². The number of fused-ring (bicyclic) bond motifs is 4. The third-order valence-corrected chi connectivity index (χ3v) is 16.1. The van der Waals surface area contributed by atoms with Crippen LogP contribution < -0.4 is 26.2 Å². The molecule has 2 heterocycles. The van der Waals surface area contributed by atoms with Crippen molar-refractivity contribution in [2.75, 3.05) is 9.80 Å². The van der Waals surface area contributed by atoms with Gasteiger partial charge < -0.3 is 9.80 Å². The van der Waals surface area contributed by atoms with Crippen LogP contribution in [0, 0.1) is 0 Å². The van der Waals surface area contributed by atoms with Gasteiger partial charge in [-0.15, -0.1) is 0 Å². The van der Waals surface area contributed by atoms with Gasteiger partial charge in [0.1, 0.15) is 0 Å². The first-order chi connectivity index (χ1) is 36.6. The Morgan fingerprint density at radius 3 is 0.960 bits per heavy atom. The van der Waals surface area contributed by atoms with Gasteiger partial charge in [-0.1, -0.05) is 222 Å². The van der Waals surface area contributed by atoms with Crippen LogP contribution in [-0.4, -0.2) is 6.71 Å².